The van der Waals surface area contributed by atoms with Crippen molar-refractivity contribution in [2.45, 2.75) is 31.0 Å². The van der Waals surface area contributed by atoms with Crippen LogP contribution in [0.1, 0.15) is 24.8 Å². The third-order valence-electron chi connectivity index (χ3n) is 4.03. The fraction of sp³-hybridized carbons (Fsp3) is 0.316. The van der Waals surface area contributed by atoms with E-state index in [2.05, 4.69) is 15.5 Å². The molecule has 1 aromatic heterocycles. The highest BCUT2D eigenvalue weighted by molar-refractivity contribution is 7.91. The number of para-hydroxylation sites is 1. The van der Waals surface area contributed by atoms with Gasteiger partial charge in [0.1, 0.15) is 0 Å². The highest BCUT2D eigenvalue weighted by atomic mass is 32.2. The summed E-state index contributed by atoms with van der Waals surface area (Å²) in [5.74, 6) is 0.0128. The SMILES string of the molecule is O=S(=O)(CCCCCOCc1ccccc1)c1nnnn1-c1ccccc1. The van der Waals surface area contributed by atoms with Gasteiger partial charge in [-0.25, -0.2) is 8.42 Å². The van der Waals surface area contributed by atoms with Crippen molar-refractivity contribution in [2.75, 3.05) is 12.4 Å². The molecule has 8 heteroatoms. The minimum Gasteiger partial charge on any atom is -0.377 e. The highest BCUT2D eigenvalue weighted by Gasteiger charge is 2.23. The van der Waals surface area contributed by atoms with Gasteiger partial charge in [-0.3, -0.25) is 0 Å². The molecule has 7 nitrogen and oxygen atoms in total. The van der Waals surface area contributed by atoms with Gasteiger partial charge in [0.05, 0.1) is 18.0 Å². The van der Waals surface area contributed by atoms with E-state index >= 15 is 0 Å². The molecule has 0 saturated carbocycles. The first-order valence-corrected chi connectivity index (χ1v) is 10.5. The smallest absolute Gasteiger partial charge is 0.272 e. The Bertz CT molecular complexity index is 928. The summed E-state index contributed by atoms with van der Waals surface area (Å²) in [5.41, 5.74) is 1.75. The Kier molecular flexibility index (Phi) is 6.67. The van der Waals surface area contributed by atoms with E-state index in [1.165, 1.54) is 4.68 Å². The number of ether oxygens (including phenoxy) is 1. The molecule has 0 aliphatic rings. The number of aromatic nitrogens is 4. The van der Waals surface area contributed by atoms with Crippen LogP contribution < -0.4 is 0 Å². The number of hydrogen-bond donors (Lipinski definition) is 0. The molecule has 0 aliphatic heterocycles. The summed E-state index contributed by atoms with van der Waals surface area (Å²) in [6.07, 6.45) is 2.12. The van der Waals surface area contributed by atoms with Crippen molar-refractivity contribution >= 4 is 9.84 Å². The van der Waals surface area contributed by atoms with Gasteiger partial charge in [0.15, 0.2) is 0 Å². The zero-order chi connectivity index (χ0) is 19.0. The van der Waals surface area contributed by atoms with E-state index in [0.717, 1.165) is 18.4 Å². The first kappa shape index (κ1) is 19.2. The quantitative estimate of drug-likeness (QED) is 0.498. The Labute approximate surface area is 158 Å². The lowest BCUT2D eigenvalue weighted by Gasteiger charge is -2.06. The summed E-state index contributed by atoms with van der Waals surface area (Å²) < 4.78 is 32.0. The van der Waals surface area contributed by atoms with Crippen LogP contribution in [0.2, 0.25) is 0 Å². The molecule has 0 unspecified atom stereocenters. The predicted molar refractivity (Wildman–Crippen MR) is 101 cm³/mol. The van der Waals surface area contributed by atoms with Crippen molar-refractivity contribution in [1.29, 1.82) is 0 Å². The molecular formula is C19H22N4O3S. The number of hydrogen-bond acceptors (Lipinski definition) is 6. The number of unbranched alkanes of at least 4 members (excludes halogenated alkanes) is 2. The predicted octanol–water partition coefficient (Wildman–Crippen LogP) is 2.82. The molecular weight excluding hydrogens is 364 g/mol. The molecule has 3 aromatic rings. The van der Waals surface area contributed by atoms with Crippen LogP contribution in [0.5, 0.6) is 0 Å². The van der Waals surface area contributed by atoms with Gasteiger partial charge in [-0.1, -0.05) is 60.1 Å². The van der Waals surface area contributed by atoms with Gasteiger partial charge in [0.2, 0.25) is 9.84 Å². The Morgan fingerprint density at radius 1 is 0.889 bits per heavy atom. The van der Waals surface area contributed by atoms with Crippen LogP contribution in [0, 0.1) is 0 Å². The van der Waals surface area contributed by atoms with Crippen molar-refractivity contribution in [3.05, 3.63) is 66.2 Å². The second-order valence-electron chi connectivity index (χ2n) is 6.13. The fourth-order valence-electron chi connectivity index (χ4n) is 2.63. The first-order valence-electron chi connectivity index (χ1n) is 8.85. The lowest BCUT2D eigenvalue weighted by atomic mass is 10.2. The molecule has 0 atom stereocenters. The second kappa shape index (κ2) is 9.38. The van der Waals surface area contributed by atoms with Crippen LogP contribution >= 0.6 is 0 Å². The molecule has 0 fully saturated rings. The number of sulfone groups is 1. The van der Waals surface area contributed by atoms with Crippen LogP contribution in [0.15, 0.2) is 65.8 Å². The second-order valence-corrected chi connectivity index (χ2v) is 8.13. The van der Waals surface area contributed by atoms with Gasteiger partial charge < -0.3 is 4.74 Å². The highest BCUT2D eigenvalue weighted by Crippen LogP contribution is 2.14. The Morgan fingerprint density at radius 2 is 1.59 bits per heavy atom. The van der Waals surface area contributed by atoms with Gasteiger partial charge in [-0.2, -0.15) is 4.68 Å². The van der Waals surface area contributed by atoms with Gasteiger partial charge in [0, 0.05) is 6.61 Å². The van der Waals surface area contributed by atoms with Crippen LogP contribution in [0.25, 0.3) is 5.69 Å². The molecule has 0 saturated heterocycles. The first-order chi connectivity index (χ1) is 13.2. The zero-order valence-corrected chi connectivity index (χ0v) is 15.8. The van der Waals surface area contributed by atoms with Crippen LogP contribution in [-0.2, 0) is 21.2 Å². The van der Waals surface area contributed by atoms with Gasteiger partial charge >= 0.3 is 0 Å². The molecule has 3 rings (SSSR count). The van der Waals surface area contributed by atoms with Gasteiger partial charge in [-0.15, -0.1) is 0 Å². The summed E-state index contributed by atoms with van der Waals surface area (Å²) in [4.78, 5) is 0. The van der Waals surface area contributed by atoms with E-state index in [0.29, 0.717) is 25.3 Å². The molecule has 0 bridgehead atoms. The largest absolute Gasteiger partial charge is 0.377 e. The standard InChI is InChI=1S/C19H22N4O3S/c24-27(25,19-20-21-22-23(19)18-12-6-2-7-13-18)15-9-3-8-14-26-16-17-10-4-1-5-11-17/h1-2,4-7,10-13H,3,8-9,14-16H2. The molecule has 27 heavy (non-hydrogen) atoms. The topological polar surface area (TPSA) is 87.0 Å². The van der Waals surface area contributed by atoms with Gasteiger partial charge in [-0.05, 0) is 41.0 Å². The maximum absolute atomic E-state index is 12.6. The normalized spacial score (nSPS) is 11.6. The molecule has 0 spiro atoms. The molecule has 0 aliphatic carbocycles. The minimum absolute atomic E-state index is 0.0128. The number of tetrazole rings is 1. The van der Waals surface area contributed by atoms with Crippen molar-refractivity contribution in [1.82, 2.24) is 20.2 Å². The Morgan fingerprint density at radius 3 is 2.33 bits per heavy atom. The molecule has 2 aromatic carbocycles. The Hall–Kier alpha value is -2.58. The van der Waals surface area contributed by atoms with E-state index in [4.69, 9.17) is 4.74 Å². The minimum atomic E-state index is -3.55. The van der Waals surface area contributed by atoms with Crippen LogP contribution in [0.3, 0.4) is 0 Å². The van der Waals surface area contributed by atoms with Crippen molar-refractivity contribution in [2.24, 2.45) is 0 Å². The van der Waals surface area contributed by atoms with E-state index in [1.54, 1.807) is 12.1 Å². The molecule has 0 amide bonds. The molecule has 142 valence electrons. The van der Waals surface area contributed by atoms with E-state index in [-0.39, 0.29) is 10.9 Å². The number of nitrogens with zero attached hydrogens (tertiary/aromatic N) is 4. The van der Waals surface area contributed by atoms with E-state index in [9.17, 15) is 8.42 Å². The maximum Gasteiger partial charge on any atom is 0.272 e. The summed E-state index contributed by atoms with van der Waals surface area (Å²) >= 11 is 0. The fourth-order valence-corrected chi connectivity index (χ4v) is 3.97. The molecule has 1 heterocycles. The average Bonchev–Trinajstić information content (AvgIpc) is 3.20. The van der Waals surface area contributed by atoms with E-state index in [1.807, 2.05) is 48.5 Å². The summed E-state index contributed by atoms with van der Waals surface area (Å²) in [6, 6.07) is 19.0. The lowest BCUT2D eigenvalue weighted by molar-refractivity contribution is 0.117. The van der Waals surface area contributed by atoms with Crippen LogP contribution in [-0.4, -0.2) is 41.0 Å². The summed E-state index contributed by atoms with van der Waals surface area (Å²) in [5, 5.41) is 10.9. The van der Waals surface area contributed by atoms with Crippen molar-refractivity contribution < 1.29 is 13.2 Å². The van der Waals surface area contributed by atoms with Gasteiger partial charge in [0.25, 0.3) is 5.16 Å². The molecule has 0 N–H and O–H groups in total. The molecule has 0 radical (unpaired) electrons. The number of rotatable bonds is 10. The Balaban J connectivity index is 1.44. The maximum atomic E-state index is 12.6. The lowest BCUT2D eigenvalue weighted by Crippen LogP contribution is -2.14. The van der Waals surface area contributed by atoms with Crippen molar-refractivity contribution in [3.63, 3.8) is 0 Å². The third kappa shape index (κ3) is 5.45. The van der Waals surface area contributed by atoms with E-state index < -0.39 is 9.84 Å². The average molecular weight is 386 g/mol. The third-order valence-corrected chi connectivity index (χ3v) is 5.67. The van der Waals surface area contributed by atoms with Crippen LogP contribution in [0.4, 0.5) is 0 Å². The van der Waals surface area contributed by atoms with Crippen molar-refractivity contribution in [3.8, 4) is 5.69 Å². The monoisotopic (exact) mass is 386 g/mol. The summed E-state index contributed by atoms with van der Waals surface area (Å²) in [6.45, 7) is 1.18. The summed E-state index contributed by atoms with van der Waals surface area (Å²) in [7, 11) is -3.55. The zero-order valence-electron chi connectivity index (χ0n) is 14.9. The number of benzene rings is 2.